The molecular formula is C16H14ClN3O5S. The second kappa shape index (κ2) is 8.63. The van der Waals surface area contributed by atoms with Gasteiger partial charge < -0.3 is 10.1 Å². The van der Waals surface area contributed by atoms with Crippen molar-refractivity contribution in [1.82, 2.24) is 4.98 Å². The zero-order chi connectivity index (χ0) is 19.3. The molecule has 1 N–H and O–H groups in total. The fourth-order valence-electron chi connectivity index (χ4n) is 1.94. The van der Waals surface area contributed by atoms with Crippen molar-refractivity contribution in [2.75, 3.05) is 11.6 Å². The predicted molar refractivity (Wildman–Crippen MR) is 97.6 cm³/mol. The van der Waals surface area contributed by atoms with E-state index in [1.165, 1.54) is 30.8 Å². The van der Waals surface area contributed by atoms with E-state index in [-0.39, 0.29) is 22.0 Å². The van der Waals surface area contributed by atoms with Crippen molar-refractivity contribution in [3.05, 3.63) is 57.2 Å². The van der Waals surface area contributed by atoms with Crippen LogP contribution in [0.25, 0.3) is 0 Å². The number of anilines is 1. The number of nitro groups is 1. The number of benzene rings is 1. The van der Waals surface area contributed by atoms with Crippen molar-refractivity contribution in [2.24, 2.45) is 0 Å². The van der Waals surface area contributed by atoms with Gasteiger partial charge in [-0.25, -0.2) is 9.78 Å². The summed E-state index contributed by atoms with van der Waals surface area (Å²) >= 11 is 7.21. The van der Waals surface area contributed by atoms with E-state index in [0.29, 0.717) is 5.03 Å². The SMILES string of the molecule is CSc1ncccc1C(=O)O[C@@H](C)C(=O)Nc1cc([N+](=O)[O-])ccc1Cl. The molecule has 0 aliphatic rings. The maximum Gasteiger partial charge on any atom is 0.341 e. The molecule has 1 atom stereocenters. The first kappa shape index (κ1) is 19.7. The van der Waals surface area contributed by atoms with Crippen molar-refractivity contribution in [3.8, 4) is 0 Å². The molecule has 2 aromatic rings. The van der Waals surface area contributed by atoms with E-state index in [0.717, 1.165) is 6.07 Å². The Kier molecular flexibility index (Phi) is 6.53. The molecule has 10 heteroatoms. The minimum absolute atomic E-state index is 0.0555. The van der Waals surface area contributed by atoms with E-state index < -0.39 is 22.9 Å². The smallest absolute Gasteiger partial charge is 0.341 e. The molecule has 0 saturated carbocycles. The van der Waals surface area contributed by atoms with Gasteiger partial charge >= 0.3 is 5.97 Å². The summed E-state index contributed by atoms with van der Waals surface area (Å²) in [6.07, 6.45) is 2.16. The Balaban J connectivity index is 2.09. The van der Waals surface area contributed by atoms with Crippen LogP contribution in [-0.4, -0.2) is 34.1 Å². The minimum Gasteiger partial charge on any atom is -0.449 e. The van der Waals surface area contributed by atoms with Gasteiger partial charge in [0, 0.05) is 18.3 Å². The van der Waals surface area contributed by atoms with Gasteiger partial charge in [-0.2, -0.15) is 0 Å². The van der Waals surface area contributed by atoms with Crippen LogP contribution in [-0.2, 0) is 9.53 Å². The number of carbonyl (C=O) groups is 2. The van der Waals surface area contributed by atoms with Gasteiger partial charge in [-0.1, -0.05) is 11.6 Å². The molecule has 8 nitrogen and oxygen atoms in total. The zero-order valence-corrected chi connectivity index (χ0v) is 15.3. The third kappa shape index (κ3) is 4.70. The average Bonchev–Trinajstić information content (AvgIpc) is 2.62. The molecule has 0 fully saturated rings. The lowest BCUT2D eigenvalue weighted by Crippen LogP contribution is -2.30. The number of esters is 1. The maximum absolute atomic E-state index is 12.2. The highest BCUT2D eigenvalue weighted by molar-refractivity contribution is 7.98. The van der Waals surface area contributed by atoms with Crippen molar-refractivity contribution in [2.45, 2.75) is 18.1 Å². The summed E-state index contributed by atoms with van der Waals surface area (Å²) < 4.78 is 5.15. The molecule has 0 radical (unpaired) electrons. The molecule has 0 bridgehead atoms. The number of nitro benzene ring substituents is 1. The minimum atomic E-state index is -1.15. The summed E-state index contributed by atoms with van der Waals surface area (Å²) in [7, 11) is 0. The van der Waals surface area contributed by atoms with Crippen molar-refractivity contribution in [3.63, 3.8) is 0 Å². The number of nitrogens with zero attached hydrogens (tertiary/aromatic N) is 2. The maximum atomic E-state index is 12.2. The summed E-state index contributed by atoms with van der Waals surface area (Å²) in [6.45, 7) is 1.38. The fourth-order valence-corrected chi connectivity index (χ4v) is 2.65. The van der Waals surface area contributed by atoms with E-state index in [4.69, 9.17) is 16.3 Å². The van der Waals surface area contributed by atoms with Crippen LogP contribution >= 0.6 is 23.4 Å². The number of rotatable bonds is 6. The van der Waals surface area contributed by atoms with E-state index in [1.54, 1.807) is 24.6 Å². The molecule has 0 unspecified atom stereocenters. The quantitative estimate of drug-likeness (QED) is 0.344. The van der Waals surface area contributed by atoms with Crippen molar-refractivity contribution >= 4 is 46.6 Å². The summed E-state index contributed by atoms with van der Waals surface area (Å²) in [5, 5.41) is 13.8. The molecule has 1 amide bonds. The number of ether oxygens (including phenoxy) is 1. The number of amides is 1. The molecule has 2 rings (SSSR count). The van der Waals surface area contributed by atoms with Crippen LogP contribution in [0, 0.1) is 10.1 Å². The molecule has 0 saturated heterocycles. The normalized spacial score (nSPS) is 11.5. The Hall–Kier alpha value is -2.65. The van der Waals surface area contributed by atoms with Crippen LogP contribution < -0.4 is 5.32 Å². The van der Waals surface area contributed by atoms with E-state index in [1.807, 2.05) is 0 Å². The largest absolute Gasteiger partial charge is 0.449 e. The fraction of sp³-hybridized carbons (Fsp3) is 0.188. The molecule has 0 aliphatic heterocycles. The van der Waals surface area contributed by atoms with Crippen molar-refractivity contribution < 1.29 is 19.2 Å². The molecular weight excluding hydrogens is 382 g/mol. The number of thioether (sulfide) groups is 1. The lowest BCUT2D eigenvalue weighted by molar-refractivity contribution is -0.384. The Morgan fingerprint density at radius 1 is 1.38 bits per heavy atom. The van der Waals surface area contributed by atoms with Gasteiger partial charge in [-0.15, -0.1) is 11.8 Å². The van der Waals surface area contributed by atoms with Crippen LogP contribution in [0.1, 0.15) is 17.3 Å². The number of halogens is 1. The second-order valence-corrected chi connectivity index (χ2v) is 6.22. The standard InChI is InChI=1S/C16H14ClN3O5S/c1-9(25-16(22)11-4-3-7-18-15(11)26-2)14(21)19-13-8-10(20(23)24)5-6-12(13)17/h3-9H,1-2H3,(H,19,21)/t9-/m0/s1. The zero-order valence-electron chi connectivity index (χ0n) is 13.8. The number of hydrogen-bond acceptors (Lipinski definition) is 7. The van der Waals surface area contributed by atoms with Gasteiger partial charge in [-0.05, 0) is 31.4 Å². The van der Waals surface area contributed by atoms with E-state index in [9.17, 15) is 19.7 Å². The number of non-ortho nitro benzene ring substituents is 1. The first-order valence-corrected chi connectivity index (χ1v) is 8.88. The van der Waals surface area contributed by atoms with Gasteiger partial charge in [0.2, 0.25) is 0 Å². The number of nitrogens with one attached hydrogen (secondary N) is 1. The third-order valence-electron chi connectivity index (χ3n) is 3.26. The van der Waals surface area contributed by atoms with Gasteiger partial charge in [-0.3, -0.25) is 14.9 Å². The highest BCUT2D eigenvalue weighted by Crippen LogP contribution is 2.27. The van der Waals surface area contributed by atoms with Gasteiger partial charge in [0.25, 0.3) is 11.6 Å². The summed E-state index contributed by atoms with van der Waals surface area (Å²) in [5.74, 6) is -1.37. The van der Waals surface area contributed by atoms with Crippen LogP contribution in [0.15, 0.2) is 41.6 Å². The molecule has 0 aliphatic carbocycles. The van der Waals surface area contributed by atoms with Crippen LogP contribution in [0.2, 0.25) is 5.02 Å². The molecule has 0 spiro atoms. The first-order chi connectivity index (χ1) is 12.3. The van der Waals surface area contributed by atoms with Crippen LogP contribution in [0.3, 0.4) is 0 Å². The summed E-state index contributed by atoms with van der Waals surface area (Å²) in [6, 6.07) is 6.77. The Morgan fingerprint density at radius 2 is 2.12 bits per heavy atom. The van der Waals surface area contributed by atoms with E-state index >= 15 is 0 Å². The number of hydrogen-bond donors (Lipinski definition) is 1. The van der Waals surface area contributed by atoms with Crippen LogP contribution in [0.5, 0.6) is 0 Å². The number of pyridine rings is 1. The molecule has 26 heavy (non-hydrogen) atoms. The summed E-state index contributed by atoms with van der Waals surface area (Å²) in [4.78, 5) is 38.7. The lowest BCUT2D eigenvalue weighted by atomic mass is 10.2. The third-order valence-corrected chi connectivity index (χ3v) is 4.30. The monoisotopic (exact) mass is 395 g/mol. The molecule has 1 heterocycles. The first-order valence-electron chi connectivity index (χ1n) is 7.28. The predicted octanol–water partition coefficient (Wildman–Crippen LogP) is 3.55. The van der Waals surface area contributed by atoms with Crippen molar-refractivity contribution in [1.29, 1.82) is 0 Å². The molecule has 136 valence electrons. The Labute approximate surface area is 158 Å². The van der Waals surface area contributed by atoms with Gasteiger partial charge in [0.15, 0.2) is 6.10 Å². The number of aromatic nitrogens is 1. The Morgan fingerprint density at radius 3 is 2.77 bits per heavy atom. The molecule has 1 aromatic heterocycles. The summed E-state index contributed by atoms with van der Waals surface area (Å²) in [5.41, 5.74) is 0.0716. The number of carbonyl (C=O) groups excluding carboxylic acids is 2. The lowest BCUT2D eigenvalue weighted by Gasteiger charge is -2.15. The van der Waals surface area contributed by atoms with Gasteiger partial charge in [0.1, 0.15) is 5.03 Å². The Bertz CT molecular complexity index is 862. The topological polar surface area (TPSA) is 111 Å². The molecule has 1 aromatic carbocycles. The highest BCUT2D eigenvalue weighted by Gasteiger charge is 2.22. The van der Waals surface area contributed by atoms with Crippen LogP contribution in [0.4, 0.5) is 11.4 Å². The van der Waals surface area contributed by atoms with Gasteiger partial charge in [0.05, 0.1) is 21.2 Å². The highest BCUT2D eigenvalue weighted by atomic mass is 35.5. The average molecular weight is 396 g/mol. The second-order valence-electron chi connectivity index (χ2n) is 5.02. The van der Waals surface area contributed by atoms with E-state index in [2.05, 4.69) is 10.3 Å².